The van der Waals surface area contributed by atoms with Gasteiger partial charge in [0.2, 0.25) is 5.82 Å². The van der Waals surface area contributed by atoms with Gasteiger partial charge in [0.15, 0.2) is 17.1 Å². The minimum atomic E-state index is -0.138. The molecule has 0 aromatic carbocycles. The van der Waals surface area contributed by atoms with Crippen LogP contribution in [-0.4, -0.2) is 36.6 Å². The van der Waals surface area contributed by atoms with Crippen LogP contribution >= 0.6 is 0 Å². The summed E-state index contributed by atoms with van der Waals surface area (Å²) in [5.41, 5.74) is 1.33. The average Bonchev–Trinajstić information content (AvgIpc) is 3.27. The zero-order valence-electron chi connectivity index (χ0n) is 14.9. The molecular weight excluding hydrogens is 352 g/mol. The molecule has 10 heteroatoms. The fourth-order valence-electron chi connectivity index (χ4n) is 2.59. The predicted octanol–water partition coefficient (Wildman–Crippen LogP) is 1.37. The second-order valence-corrected chi connectivity index (χ2v) is 5.87. The molecule has 0 radical (unpaired) electrons. The van der Waals surface area contributed by atoms with Crippen LogP contribution < -0.4 is 15.0 Å². The Balaban J connectivity index is 1.73. The molecule has 10 nitrogen and oxygen atoms in total. The highest BCUT2D eigenvalue weighted by Gasteiger charge is 2.18. The molecule has 4 aromatic rings. The van der Waals surface area contributed by atoms with Crippen molar-refractivity contribution < 1.29 is 14.0 Å². The van der Waals surface area contributed by atoms with E-state index in [1.807, 2.05) is 0 Å². The molecule has 27 heavy (non-hydrogen) atoms. The molecule has 0 saturated carbocycles. The molecule has 0 aliphatic rings. The van der Waals surface area contributed by atoms with Crippen molar-refractivity contribution in [2.45, 2.75) is 13.5 Å². The van der Waals surface area contributed by atoms with Crippen molar-refractivity contribution in [3.63, 3.8) is 0 Å². The summed E-state index contributed by atoms with van der Waals surface area (Å²) in [6.07, 6.45) is 1.68. The van der Waals surface area contributed by atoms with Crippen LogP contribution in [0.4, 0.5) is 0 Å². The molecule has 4 heterocycles. The molecule has 0 spiro atoms. The third-order valence-corrected chi connectivity index (χ3v) is 3.97. The summed E-state index contributed by atoms with van der Waals surface area (Å²) in [6, 6.07) is 6.86. The number of methoxy groups -OCH3 is 1. The van der Waals surface area contributed by atoms with Gasteiger partial charge < -0.3 is 18.6 Å². The third-order valence-electron chi connectivity index (χ3n) is 3.97. The van der Waals surface area contributed by atoms with E-state index in [-0.39, 0.29) is 18.0 Å². The van der Waals surface area contributed by atoms with Crippen LogP contribution in [0.25, 0.3) is 17.2 Å². The van der Waals surface area contributed by atoms with Crippen molar-refractivity contribution in [2.75, 3.05) is 7.11 Å². The van der Waals surface area contributed by atoms with E-state index in [0.717, 1.165) is 0 Å². The van der Waals surface area contributed by atoms with Crippen LogP contribution in [0, 0.1) is 6.92 Å². The minimum Gasteiger partial charge on any atom is -0.491 e. The Morgan fingerprint density at radius 2 is 2.11 bits per heavy atom. The normalized spacial score (nSPS) is 11.1. The van der Waals surface area contributed by atoms with Crippen molar-refractivity contribution in [3.8, 4) is 23.1 Å². The molecule has 0 aliphatic heterocycles. The Kier molecular flexibility index (Phi) is 4.07. The summed E-state index contributed by atoms with van der Waals surface area (Å²) in [5.74, 6) is 1.64. The highest BCUT2D eigenvalue weighted by Crippen LogP contribution is 2.27. The molecule has 4 rings (SSSR count). The standard InChI is InChI=1S/C17H16N6O4/c1-10-7-12(21-27-10)15-19-18-14-8-13(25-3)16(20-23(14)15)26-9-11-5-4-6-22(2)17(11)24/h4-8H,9H2,1-3H3. The lowest BCUT2D eigenvalue weighted by Gasteiger charge is -2.10. The summed E-state index contributed by atoms with van der Waals surface area (Å²) in [7, 11) is 3.18. The molecule has 0 amide bonds. The minimum absolute atomic E-state index is 0.0446. The summed E-state index contributed by atoms with van der Waals surface area (Å²) < 4.78 is 19.1. The molecule has 0 bridgehead atoms. The van der Waals surface area contributed by atoms with E-state index in [1.165, 1.54) is 16.2 Å². The van der Waals surface area contributed by atoms with E-state index < -0.39 is 0 Å². The lowest BCUT2D eigenvalue weighted by Crippen LogP contribution is -2.21. The first-order valence-corrected chi connectivity index (χ1v) is 8.08. The monoisotopic (exact) mass is 368 g/mol. The maximum absolute atomic E-state index is 12.1. The van der Waals surface area contributed by atoms with Crippen molar-refractivity contribution >= 4 is 5.65 Å². The quantitative estimate of drug-likeness (QED) is 0.519. The Morgan fingerprint density at radius 1 is 1.26 bits per heavy atom. The third kappa shape index (κ3) is 3.01. The van der Waals surface area contributed by atoms with Crippen LogP contribution in [-0.2, 0) is 13.7 Å². The Labute approximate surface area is 153 Å². The van der Waals surface area contributed by atoms with Crippen molar-refractivity contribution in [1.82, 2.24) is 29.5 Å². The van der Waals surface area contributed by atoms with Gasteiger partial charge in [-0.3, -0.25) is 4.79 Å². The van der Waals surface area contributed by atoms with Crippen LogP contribution in [0.2, 0.25) is 0 Å². The zero-order valence-corrected chi connectivity index (χ0v) is 14.9. The Morgan fingerprint density at radius 3 is 2.85 bits per heavy atom. The zero-order chi connectivity index (χ0) is 19.0. The van der Waals surface area contributed by atoms with Gasteiger partial charge in [-0.25, -0.2) is 0 Å². The van der Waals surface area contributed by atoms with Crippen molar-refractivity contribution in [1.29, 1.82) is 0 Å². The molecule has 4 aromatic heterocycles. The van der Waals surface area contributed by atoms with Gasteiger partial charge in [-0.05, 0) is 19.1 Å². The number of aryl methyl sites for hydroxylation is 2. The highest BCUT2D eigenvalue weighted by molar-refractivity contribution is 5.56. The van der Waals surface area contributed by atoms with Crippen LogP contribution in [0.3, 0.4) is 0 Å². The maximum atomic E-state index is 12.1. The molecule has 0 saturated heterocycles. The number of hydrogen-bond acceptors (Lipinski definition) is 8. The van der Waals surface area contributed by atoms with E-state index in [1.54, 1.807) is 44.4 Å². The van der Waals surface area contributed by atoms with Crippen LogP contribution in [0.1, 0.15) is 11.3 Å². The van der Waals surface area contributed by atoms with E-state index in [4.69, 9.17) is 14.0 Å². The van der Waals surface area contributed by atoms with E-state index in [0.29, 0.717) is 34.2 Å². The number of pyridine rings is 1. The van der Waals surface area contributed by atoms with E-state index in [9.17, 15) is 4.79 Å². The van der Waals surface area contributed by atoms with E-state index in [2.05, 4.69) is 20.5 Å². The lowest BCUT2D eigenvalue weighted by molar-refractivity contribution is 0.266. The number of ether oxygens (including phenoxy) is 2. The number of hydrogen-bond donors (Lipinski definition) is 0. The smallest absolute Gasteiger partial charge is 0.275 e. The van der Waals surface area contributed by atoms with Gasteiger partial charge >= 0.3 is 0 Å². The van der Waals surface area contributed by atoms with Gasteiger partial charge in [-0.2, -0.15) is 4.52 Å². The van der Waals surface area contributed by atoms with Gasteiger partial charge in [0.1, 0.15) is 12.4 Å². The maximum Gasteiger partial charge on any atom is 0.275 e. The number of aromatic nitrogens is 6. The second-order valence-electron chi connectivity index (χ2n) is 5.87. The van der Waals surface area contributed by atoms with E-state index >= 15 is 0 Å². The average molecular weight is 368 g/mol. The van der Waals surface area contributed by atoms with Gasteiger partial charge in [0.05, 0.1) is 12.7 Å². The Hall–Kier alpha value is -3.69. The summed E-state index contributed by atoms with van der Waals surface area (Å²) in [5, 5.41) is 16.5. The molecule has 0 unspecified atom stereocenters. The summed E-state index contributed by atoms with van der Waals surface area (Å²) in [4.78, 5) is 12.1. The number of nitrogens with zero attached hydrogens (tertiary/aromatic N) is 6. The summed E-state index contributed by atoms with van der Waals surface area (Å²) >= 11 is 0. The van der Waals surface area contributed by atoms with Crippen LogP contribution in [0.5, 0.6) is 11.6 Å². The predicted molar refractivity (Wildman–Crippen MR) is 93.6 cm³/mol. The van der Waals surface area contributed by atoms with Gasteiger partial charge in [-0.1, -0.05) is 5.16 Å². The lowest BCUT2D eigenvalue weighted by atomic mass is 10.3. The van der Waals surface area contributed by atoms with Gasteiger partial charge in [-0.15, -0.1) is 15.3 Å². The topological polar surface area (TPSA) is 110 Å². The first-order valence-electron chi connectivity index (χ1n) is 8.08. The first kappa shape index (κ1) is 16.8. The fraction of sp³-hybridized carbons (Fsp3) is 0.235. The van der Waals surface area contributed by atoms with Gasteiger partial charge in [0.25, 0.3) is 11.4 Å². The van der Waals surface area contributed by atoms with Crippen molar-refractivity contribution in [3.05, 3.63) is 52.1 Å². The molecule has 0 fully saturated rings. The molecular formula is C17H16N6O4. The Bertz CT molecular complexity index is 1180. The number of rotatable bonds is 5. The van der Waals surface area contributed by atoms with Crippen LogP contribution in [0.15, 0.2) is 39.8 Å². The fourth-order valence-corrected chi connectivity index (χ4v) is 2.59. The SMILES string of the molecule is COc1cc2nnc(-c3cc(C)on3)n2nc1OCc1cccn(C)c1=O. The van der Waals surface area contributed by atoms with Gasteiger partial charge in [0, 0.05) is 25.4 Å². The molecule has 138 valence electrons. The molecule has 0 aliphatic carbocycles. The first-order chi connectivity index (χ1) is 13.1. The second kappa shape index (κ2) is 6.56. The largest absolute Gasteiger partial charge is 0.491 e. The highest BCUT2D eigenvalue weighted by atomic mass is 16.5. The molecule has 0 N–H and O–H groups in total. The summed E-state index contributed by atoms with van der Waals surface area (Å²) in [6.45, 7) is 1.83. The van der Waals surface area contributed by atoms with Crippen molar-refractivity contribution in [2.24, 2.45) is 7.05 Å². The molecule has 0 atom stereocenters. The number of fused-ring (bicyclic) bond motifs is 1.